The molecule has 3 aliphatic rings. The van der Waals surface area contributed by atoms with Crippen LogP contribution in [-0.2, 0) is 9.53 Å². The summed E-state index contributed by atoms with van der Waals surface area (Å²) in [6.07, 6.45) is 13.8. The lowest BCUT2D eigenvalue weighted by atomic mass is 9.77. The number of hydrogen-bond donors (Lipinski definition) is 0. The number of ether oxygens (including phenoxy) is 1. The molecule has 1 aromatic carbocycles. The summed E-state index contributed by atoms with van der Waals surface area (Å²) < 4.78 is 6.93. The van der Waals surface area contributed by atoms with E-state index < -0.39 is 0 Å². The highest BCUT2D eigenvalue weighted by molar-refractivity contribution is 5.91. The molecule has 2 aromatic rings. The molecule has 0 radical (unpaired) electrons. The highest BCUT2D eigenvalue weighted by Crippen LogP contribution is 2.43. The van der Waals surface area contributed by atoms with Crippen LogP contribution in [0.15, 0.2) is 30.5 Å². The Morgan fingerprint density at radius 3 is 2.69 bits per heavy atom. The zero-order valence-electron chi connectivity index (χ0n) is 21.2. The fourth-order valence-electron chi connectivity index (χ4n) is 6.37. The third-order valence-corrected chi connectivity index (χ3v) is 8.32. The highest BCUT2D eigenvalue weighted by atomic mass is 16.5. The smallest absolute Gasteiger partial charge is 0.341 e. The van der Waals surface area contributed by atoms with Crippen LogP contribution in [0.3, 0.4) is 0 Å². The minimum atomic E-state index is -0.318. The van der Waals surface area contributed by atoms with Crippen LogP contribution in [0.25, 0.3) is 5.69 Å². The van der Waals surface area contributed by atoms with E-state index in [0.29, 0.717) is 29.3 Å². The Morgan fingerprint density at radius 2 is 1.91 bits per heavy atom. The van der Waals surface area contributed by atoms with E-state index in [4.69, 9.17) is 4.74 Å². The first-order valence-electron chi connectivity index (χ1n) is 13.7. The molecule has 0 bridgehead atoms. The van der Waals surface area contributed by atoms with Gasteiger partial charge in [0.15, 0.2) is 0 Å². The molecule has 3 fully saturated rings. The van der Waals surface area contributed by atoms with Gasteiger partial charge in [-0.15, -0.1) is 0 Å². The Kier molecular flexibility index (Phi) is 7.26. The van der Waals surface area contributed by atoms with Gasteiger partial charge in [-0.25, -0.2) is 9.48 Å². The second kappa shape index (κ2) is 10.5. The van der Waals surface area contributed by atoms with Gasteiger partial charge in [0, 0.05) is 24.4 Å². The summed E-state index contributed by atoms with van der Waals surface area (Å²) in [5.74, 6) is 0.962. The summed E-state index contributed by atoms with van der Waals surface area (Å²) >= 11 is 0. The number of rotatable bonds is 7. The van der Waals surface area contributed by atoms with Crippen molar-refractivity contribution >= 4 is 11.9 Å². The maximum absolute atomic E-state index is 13.6. The largest absolute Gasteiger partial charge is 0.465 e. The van der Waals surface area contributed by atoms with Crippen molar-refractivity contribution < 1.29 is 14.3 Å². The van der Waals surface area contributed by atoms with Gasteiger partial charge in [-0.1, -0.05) is 31.9 Å². The van der Waals surface area contributed by atoms with Gasteiger partial charge >= 0.3 is 5.97 Å². The van der Waals surface area contributed by atoms with Crippen LogP contribution in [0.4, 0.5) is 0 Å². The van der Waals surface area contributed by atoms with E-state index in [-0.39, 0.29) is 11.9 Å². The number of aromatic nitrogens is 2. The van der Waals surface area contributed by atoms with E-state index in [9.17, 15) is 9.59 Å². The molecule has 188 valence electrons. The number of hydrogen-bond acceptors (Lipinski definition) is 4. The molecule has 6 heteroatoms. The monoisotopic (exact) mass is 477 g/mol. The van der Waals surface area contributed by atoms with Gasteiger partial charge in [0.05, 0.1) is 24.7 Å². The molecule has 0 spiro atoms. The Morgan fingerprint density at radius 1 is 1.06 bits per heavy atom. The van der Waals surface area contributed by atoms with Crippen molar-refractivity contribution in [2.24, 2.45) is 5.92 Å². The number of methoxy groups -OCH3 is 1. The molecule has 3 unspecified atom stereocenters. The Labute approximate surface area is 209 Å². The van der Waals surface area contributed by atoms with E-state index in [1.54, 1.807) is 6.20 Å². The lowest BCUT2D eigenvalue weighted by Crippen LogP contribution is -2.47. The number of nitrogens with zero attached hydrogens (tertiary/aromatic N) is 3. The van der Waals surface area contributed by atoms with Gasteiger partial charge in [-0.2, -0.15) is 5.10 Å². The minimum absolute atomic E-state index is 0.132. The van der Waals surface area contributed by atoms with Gasteiger partial charge in [0.2, 0.25) is 5.91 Å². The van der Waals surface area contributed by atoms with E-state index in [1.165, 1.54) is 25.5 Å². The molecule has 6 nitrogen and oxygen atoms in total. The molecule has 1 saturated heterocycles. The van der Waals surface area contributed by atoms with Gasteiger partial charge < -0.3 is 9.64 Å². The van der Waals surface area contributed by atoms with Crippen LogP contribution in [-0.4, -0.2) is 46.3 Å². The molecular weight excluding hydrogens is 438 g/mol. The lowest BCUT2D eigenvalue weighted by Gasteiger charge is -2.40. The Bertz CT molecular complexity index is 1060. The van der Waals surface area contributed by atoms with Gasteiger partial charge in [-0.3, -0.25) is 4.79 Å². The number of likely N-dealkylation sites (tertiary alicyclic amines) is 1. The summed E-state index contributed by atoms with van der Waals surface area (Å²) in [7, 11) is 1.42. The fourth-order valence-corrected chi connectivity index (χ4v) is 6.37. The molecule has 3 atom stereocenters. The summed E-state index contributed by atoms with van der Waals surface area (Å²) in [5.41, 5.74) is 3.82. The van der Waals surface area contributed by atoms with Crippen LogP contribution in [0.1, 0.15) is 111 Å². The average Bonchev–Trinajstić information content (AvgIpc) is 3.65. The van der Waals surface area contributed by atoms with E-state index >= 15 is 0 Å². The van der Waals surface area contributed by atoms with Crippen LogP contribution >= 0.6 is 0 Å². The summed E-state index contributed by atoms with van der Waals surface area (Å²) in [6, 6.07) is 9.02. The van der Waals surface area contributed by atoms with Crippen molar-refractivity contribution in [2.45, 2.75) is 95.4 Å². The van der Waals surface area contributed by atoms with Gasteiger partial charge in [0.1, 0.15) is 5.56 Å². The molecule has 1 aromatic heterocycles. The summed E-state index contributed by atoms with van der Waals surface area (Å²) in [6.45, 7) is 3.16. The standard InChI is InChI=1S/C29H39N3O3/c1-3-8-24-12-4-5-16-31(24)28(33)23-11-6-9-21(17-23)22-10-7-13-25(18-22)32-27(20-14-15-20)26(19-30-32)29(34)35-2/h7,10,13,18-21,23-24H,3-6,8-9,11-12,14-17H2,1-2H3. The molecule has 1 aliphatic heterocycles. The van der Waals surface area contributed by atoms with Crippen LogP contribution in [0.2, 0.25) is 0 Å². The second-order valence-electron chi connectivity index (χ2n) is 10.7. The zero-order chi connectivity index (χ0) is 24.4. The first kappa shape index (κ1) is 24.1. The van der Waals surface area contributed by atoms with Crippen LogP contribution < -0.4 is 0 Å². The first-order chi connectivity index (χ1) is 17.1. The molecule has 2 heterocycles. The van der Waals surface area contributed by atoms with Crippen molar-refractivity contribution in [1.29, 1.82) is 0 Å². The van der Waals surface area contributed by atoms with Crippen molar-refractivity contribution in [3.63, 3.8) is 0 Å². The SMILES string of the molecule is CCCC1CCCCN1C(=O)C1CCCC(c2cccc(-n3ncc(C(=O)OC)c3C3CC3)c2)C1. The Balaban J connectivity index is 1.35. The molecule has 5 rings (SSSR count). The maximum atomic E-state index is 13.6. The number of piperidine rings is 1. The summed E-state index contributed by atoms with van der Waals surface area (Å²) in [4.78, 5) is 28.1. The van der Waals surface area contributed by atoms with Crippen molar-refractivity contribution in [1.82, 2.24) is 14.7 Å². The quantitative estimate of drug-likeness (QED) is 0.460. The van der Waals surface area contributed by atoms with Gasteiger partial charge in [0.25, 0.3) is 0 Å². The average molecular weight is 478 g/mol. The fraction of sp³-hybridized carbons (Fsp3) is 0.621. The number of carbonyl (C=O) groups is 2. The number of benzene rings is 1. The van der Waals surface area contributed by atoms with Crippen LogP contribution in [0.5, 0.6) is 0 Å². The third-order valence-electron chi connectivity index (χ3n) is 8.32. The molecular formula is C29H39N3O3. The number of esters is 1. The predicted octanol–water partition coefficient (Wildman–Crippen LogP) is 5.99. The number of amides is 1. The normalized spacial score (nSPS) is 24.9. The van der Waals surface area contributed by atoms with Crippen LogP contribution in [0, 0.1) is 5.92 Å². The second-order valence-corrected chi connectivity index (χ2v) is 10.7. The predicted molar refractivity (Wildman–Crippen MR) is 136 cm³/mol. The molecule has 1 amide bonds. The third kappa shape index (κ3) is 5.03. The van der Waals surface area contributed by atoms with Gasteiger partial charge in [-0.05, 0) is 81.4 Å². The molecule has 0 N–H and O–H groups in total. The first-order valence-corrected chi connectivity index (χ1v) is 13.7. The lowest BCUT2D eigenvalue weighted by molar-refractivity contribution is -0.140. The van der Waals surface area contributed by atoms with Crippen molar-refractivity contribution in [2.75, 3.05) is 13.7 Å². The minimum Gasteiger partial charge on any atom is -0.465 e. The van der Waals surface area contributed by atoms with E-state index in [2.05, 4.69) is 41.2 Å². The number of carbonyl (C=O) groups excluding carboxylic acids is 2. The highest BCUT2D eigenvalue weighted by Gasteiger charge is 2.36. The zero-order valence-corrected chi connectivity index (χ0v) is 21.2. The molecule has 35 heavy (non-hydrogen) atoms. The Hall–Kier alpha value is -2.63. The van der Waals surface area contributed by atoms with Crippen molar-refractivity contribution in [3.8, 4) is 5.69 Å². The van der Waals surface area contributed by atoms with E-state index in [0.717, 1.165) is 75.7 Å². The topological polar surface area (TPSA) is 64.4 Å². The molecule has 2 saturated carbocycles. The molecule has 2 aliphatic carbocycles. The maximum Gasteiger partial charge on any atom is 0.341 e. The van der Waals surface area contributed by atoms with E-state index in [1.807, 2.05) is 4.68 Å². The van der Waals surface area contributed by atoms with Crippen molar-refractivity contribution in [3.05, 3.63) is 47.3 Å². The summed E-state index contributed by atoms with van der Waals surface area (Å²) in [5, 5.41) is 4.59.